The van der Waals surface area contributed by atoms with Gasteiger partial charge in [0.25, 0.3) is 0 Å². The Morgan fingerprint density at radius 1 is 1.33 bits per heavy atom. The average molecular weight is 250 g/mol. The molecule has 0 aromatic heterocycles. The smallest absolute Gasteiger partial charge is 1.00 e. The van der Waals surface area contributed by atoms with Gasteiger partial charge in [0.1, 0.15) is 5.60 Å². The van der Waals surface area contributed by atoms with Crippen LogP contribution in [0.4, 0.5) is 4.79 Å². The third-order valence-electron chi connectivity index (χ3n) is 0.407. The van der Waals surface area contributed by atoms with E-state index in [4.69, 9.17) is 5.73 Å². The van der Waals surface area contributed by atoms with E-state index < -0.39 is 11.7 Å². The molecule has 3 nitrogen and oxygen atoms in total. The van der Waals surface area contributed by atoms with Crippen molar-refractivity contribution in [2.75, 3.05) is 0 Å². The Morgan fingerprint density at radius 3 is 1.58 bits per heavy atom. The maximum absolute atomic E-state index is 10.0. The summed E-state index contributed by atoms with van der Waals surface area (Å²) in [6.07, 6.45) is -0.725. The van der Waals surface area contributed by atoms with E-state index in [2.05, 4.69) is 11.7 Å². The quantitative estimate of drug-likeness (QED) is 0.413. The second kappa shape index (κ2) is 11.5. The monoisotopic (exact) mass is 249 g/mol. The Bertz CT molecular complexity index is 104. The first-order valence-electron chi connectivity index (χ1n) is 3.11. The summed E-state index contributed by atoms with van der Waals surface area (Å²) in [5, 5.41) is 0. The van der Waals surface area contributed by atoms with E-state index in [0.29, 0.717) is 0 Å². The van der Waals surface area contributed by atoms with Crippen LogP contribution < -0.4 is 22.7 Å². The van der Waals surface area contributed by atoms with Crippen molar-refractivity contribution in [2.45, 2.75) is 33.3 Å². The van der Waals surface area contributed by atoms with E-state index in [1.807, 2.05) is 0 Å². The van der Waals surface area contributed by atoms with Gasteiger partial charge in [-0.25, -0.2) is 4.79 Å². The van der Waals surface area contributed by atoms with Crippen molar-refractivity contribution in [1.29, 1.82) is 0 Å². The summed E-state index contributed by atoms with van der Waals surface area (Å²) < 4.78 is 4.58. The zero-order valence-corrected chi connectivity index (χ0v) is 11.2. The van der Waals surface area contributed by atoms with Crippen LogP contribution in [0.1, 0.15) is 27.7 Å². The molecule has 0 bridgehead atoms. The first kappa shape index (κ1) is 22.9. The molecule has 0 aliphatic carbocycles. The van der Waals surface area contributed by atoms with Gasteiger partial charge in [-0.05, 0) is 20.8 Å². The molecule has 0 rings (SSSR count). The average Bonchev–Trinajstić information content (AvgIpc) is 1.64. The molecule has 1 amide bonds. The maximum Gasteiger partial charge on any atom is 2.00 e. The van der Waals surface area contributed by atoms with Gasteiger partial charge in [-0.1, -0.05) is 0 Å². The van der Waals surface area contributed by atoms with Crippen molar-refractivity contribution in [1.82, 2.24) is 0 Å². The Kier molecular flexibility index (Phi) is 22.0. The Balaban J connectivity index is -0.0000000740. The fraction of sp³-hybridized carbons (Fsp3) is 0.714. The predicted molar refractivity (Wildman–Crippen MR) is 47.2 cm³/mol. The number of ether oxygens (including phenoxy) is 1. The molecule has 12 heavy (non-hydrogen) atoms. The summed E-state index contributed by atoms with van der Waals surface area (Å²) in [7, 11) is 0. The van der Waals surface area contributed by atoms with Gasteiger partial charge in [-0.15, -0.1) is 0 Å². The molecule has 0 saturated heterocycles. The molecule has 0 atom stereocenters. The van der Waals surface area contributed by atoms with Crippen molar-refractivity contribution < 1.29 is 26.5 Å². The molecule has 0 aliphatic rings. The standard InChI is InChI=1S/C5H11NO2.C2H5.BrH.Mg/c1-5(2,3)8-4(6)7;1-2;;/h1-3H3,(H2,6,7);1H2,2H3;1H;/q;-1;;+2/p-1. The molecular formula is C7H16BrMgNO2. The first-order valence-corrected chi connectivity index (χ1v) is 3.11. The van der Waals surface area contributed by atoms with Crippen molar-refractivity contribution in [3.8, 4) is 0 Å². The minimum Gasteiger partial charge on any atom is -1.00 e. The normalized spacial score (nSPS) is 7.75. The van der Waals surface area contributed by atoms with Gasteiger partial charge in [-0.2, -0.15) is 6.92 Å². The Labute approximate surface area is 101 Å². The maximum atomic E-state index is 10.0. The predicted octanol–water partition coefficient (Wildman–Crippen LogP) is -1.66. The number of primary amides is 1. The van der Waals surface area contributed by atoms with Crippen LogP contribution >= 0.6 is 0 Å². The molecule has 2 N–H and O–H groups in total. The van der Waals surface area contributed by atoms with E-state index in [9.17, 15) is 4.79 Å². The zero-order valence-electron chi connectivity index (χ0n) is 8.19. The van der Waals surface area contributed by atoms with E-state index in [1.54, 1.807) is 27.7 Å². The van der Waals surface area contributed by atoms with Crippen LogP contribution in [-0.2, 0) is 4.74 Å². The van der Waals surface area contributed by atoms with Crippen LogP contribution in [-0.4, -0.2) is 34.7 Å². The summed E-state index contributed by atoms with van der Waals surface area (Å²) in [5.74, 6) is 0. The fourth-order valence-corrected chi connectivity index (χ4v) is 0.302. The molecule has 0 aromatic carbocycles. The first-order chi connectivity index (χ1) is 4.42. The molecule has 70 valence electrons. The summed E-state index contributed by atoms with van der Waals surface area (Å²) in [6.45, 7) is 10.3. The number of amides is 1. The van der Waals surface area contributed by atoms with E-state index in [1.165, 1.54) is 0 Å². The van der Waals surface area contributed by atoms with Crippen LogP contribution in [0.25, 0.3) is 0 Å². The molecule has 0 unspecified atom stereocenters. The summed E-state index contributed by atoms with van der Waals surface area (Å²) >= 11 is 0. The molecule has 0 aromatic rings. The Morgan fingerprint density at radius 2 is 1.58 bits per heavy atom. The summed E-state index contributed by atoms with van der Waals surface area (Å²) in [4.78, 5) is 10.0. The van der Waals surface area contributed by atoms with Crippen LogP contribution in [0.5, 0.6) is 0 Å². The van der Waals surface area contributed by atoms with E-state index in [0.717, 1.165) is 0 Å². The number of hydrogen-bond donors (Lipinski definition) is 1. The van der Waals surface area contributed by atoms with Crippen LogP contribution in [0, 0.1) is 6.92 Å². The second-order valence-corrected chi connectivity index (χ2v) is 2.53. The number of halogens is 1. The van der Waals surface area contributed by atoms with Crippen LogP contribution in [0.2, 0.25) is 0 Å². The Hall–Kier alpha value is 0.516. The molecule has 0 heterocycles. The second-order valence-electron chi connectivity index (χ2n) is 2.53. The number of carbonyl (C=O) groups is 1. The molecule has 0 spiro atoms. The van der Waals surface area contributed by atoms with Gasteiger partial charge in [0, 0.05) is 0 Å². The molecule has 5 heteroatoms. The van der Waals surface area contributed by atoms with Gasteiger partial charge in [0.15, 0.2) is 0 Å². The molecule has 0 aliphatic heterocycles. The molecule has 0 fully saturated rings. The van der Waals surface area contributed by atoms with Crippen molar-refractivity contribution in [3.63, 3.8) is 0 Å². The summed E-state index contributed by atoms with van der Waals surface area (Å²) in [6, 6.07) is 0. The minimum atomic E-state index is -0.725. The van der Waals surface area contributed by atoms with Crippen LogP contribution in [0.15, 0.2) is 0 Å². The SMILES string of the molecule is CC(C)(C)OC(N)=O.[Br-].[CH2-]C.[Mg+2]. The minimum absolute atomic E-state index is 0. The largest absolute Gasteiger partial charge is 2.00 e. The molecule has 0 saturated carbocycles. The fourth-order valence-electron chi connectivity index (χ4n) is 0.302. The number of carbonyl (C=O) groups excluding carboxylic acids is 1. The molecule has 0 radical (unpaired) electrons. The third kappa shape index (κ3) is 31.3. The molecular weight excluding hydrogens is 234 g/mol. The van der Waals surface area contributed by atoms with Crippen LogP contribution in [0.3, 0.4) is 0 Å². The summed E-state index contributed by atoms with van der Waals surface area (Å²) in [5.41, 5.74) is 4.26. The number of nitrogens with two attached hydrogens (primary N) is 1. The topological polar surface area (TPSA) is 52.3 Å². The van der Waals surface area contributed by atoms with Gasteiger partial charge in [-0.3, -0.25) is 0 Å². The van der Waals surface area contributed by atoms with Gasteiger partial charge in [0.2, 0.25) is 0 Å². The third-order valence-corrected chi connectivity index (χ3v) is 0.407. The van der Waals surface area contributed by atoms with Crippen molar-refractivity contribution in [3.05, 3.63) is 6.92 Å². The van der Waals surface area contributed by atoms with Crippen molar-refractivity contribution in [2.24, 2.45) is 5.73 Å². The van der Waals surface area contributed by atoms with E-state index >= 15 is 0 Å². The van der Waals surface area contributed by atoms with Crippen molar-refractivity contribution >= 4 is 29.1 Å². The van der Waals surface area contributed by atoms with Gasteiger partial charge >= 0.3 is 29.1 Å². The number of hydrogen-bond acceptors (Lipinski definition) is 2. The van der Waals surface area contributed by atoms with E-state index in [-0.39, 0.29) is 40.0 Å². The number of rotatable bonds is 0. The van der Waals surface area contributed by atoms with Gasteiger partial charge < -0.3 is 34.4 Å². The zero-order chi connectivity index (χ0) is 8.78. The van der Waals surface area contributed by atoms with Gasteiger partial charge in [0.05, 0.1) is 0 Å².